The van der Waals surface area contributed by atoms with E-state index in [0.717, 1.165) is 13.1 Å². The highest BCUT2D eigenvalue weighted by molar-refractivity contribution is 5.80. The van der Waals surface area contributed by atoms with Crippen molar-refractivity contribution in [2.75, 3.05) is 20.1 Å². The number of likely N-dealkylation sites (tertiary alicyclic amines) is 1. The first kappa shape index (κ1) is 11.5. The summed E-state index contributed by atoms with van der Waals surface area (Å²) in [5.74, 6) is 0.543. The van der Waals surface area contributed by atoms with E-state index in [9.17, 15) is 4.79 Å². The van der Waals surface area contributed by atoms with Crippen LogP contribution in [0.2, 0.25) is 0 Å². The van der Waals surface area contributed by atoms with Crippen LogP contribution in [0.25, 0.3) is 0 Å². The molecule has 0 aromatic rings. The molecule has 1 rings (SSSR count). The third-order valence-electron chi connectivity index (χ3n) is 3.11. The van der Waals surface area contributed by atoms with Gasteiger partial charge in [0.25, 0.3) is 0 Å². The summed E-state index contributed by atoms with van der Waals surface area (Å²) in [6.07, 6.45) is 0. The lowest BCUT2D eigenvalue weighted by Crippen LogP contribution is -2.56. The van der Waals surface area contributed by atoms with E-state index in [1.165, 1.54) is 0 Å². The average molecular weight is 198 g/mol. The number of hydrogen-bond acceptors (Lipinski definition) is 2. The highest BCUT2D eigenvalue weighted by atomic mass is 16.2. The van der Waals surface area contributed by atoms with Gasteiger partial charge >= 0.3 is 0 Å². The third-order valence-corrected chi connectivity index (χ3v) is 3.11. The second-order valence-electron chi connectivity index (χ2n) is 4.79. The SMILES string of the molecule is CC(C)N1CC(C(=O)N(C)C(C)C)C1. The van der Waals surface area contributed by atoms with E-state index in [-0.39, 0.29) is 5.92 Å². The first-order valence-corrected chi connectivity index (χ1v) is 5.44. The van der Waals surface area contributed by atoms with Gasteiger partial charge in [0, 0.05) is 32.2 Å². The number of nitrogens with zero attached hydrogens (tertiary/aromatic N) is 2. The molecule has 1 amide bonds. The molecular weight excluding hydrogens is 176 g/mol. The maximum absolute atomic E-state index is 11.8. The number of carbonyl (C=O) groups is 1. The van der Waals surface area contributed by atoms with Gasteiger partial charge in [0.15, 0.2) is 0 Å². The normalized spacial score (nSPS) is 18.8. The summed E-state index contributed by atoms with van der Waals surface area (Å²) in [4.78, 5) is 16.0. The fourth-order valence-electron chi connectivity index (χ4n) is 1.63. The van der Waals surface area contributed by atoms with Gasteiger partial charge in [-0.05, 0) is 27.7 Å². The van der Waals surface area contributed by atoms with Crippen molar-refractivity contribution < 1.29 is 4.79 Å². The monoisotopic (exact) mass is 198 g/mol. The average Bonchev–Trinajstić information content (AvgIpc) is 1.98. The molecule has 0 aliphatic carbocycles. The van der Waals surface area contributed by atoms with Crippen LogP contribution in [-0.4, -0.2) is 47.9 Å². The zero-order chi connectivity index (χ0) is 10.9. The fourth-order valence-corrected chi connectivity index (χ4v) is 1.63. The Bertz CT molecular complexity index is 207. The van der Waals surface area contributed by atoms with E-state index in [4.69, 9.17) is 0 Å². The van der Waals surface area contributed by atoms with Gasteiger partial charge in [-0.1, -0.05) is 0 Å². The molecule has 0 spiro atoms. The Kier molecular flexibility index (Phi) is 3.53. The van der Waals surface area contributed by atoms with Crippen molar-refractivity contribution >= 4 is 5.91 Å². The molecule has 0 saturated carbocycles. The maximum atomic E-state index is 11.8. The van der Waals surface area contributed by atoms with Gasteiger partial charge in [-0.3, -0.25) is 9.69 Å². The lowest BCUT2D eigenvalue weighted by atomic mass is 9.96. The summed E-state index contributed by atoms with van der Waals surface area (Å²) in [5.41, 5.74) is 0. The molecule has 1 aliphatic rings. The molecule has 0 atom stereocenters. The lowest BCUT2D eigenvalue weighted by molar-refractivity contribution is -0.142. The van der Waals surface area contributed by atoms with Gasteiger partial charge in [0.05, 0.1) is 5.92 Å². The summed E-state index contributed by atoms with van der Waals surface area (Å²) < 4.78 is 0. The molecule has 0 aromatic heterocycles. The van der Waals surface area contributed by atoms with E-state index >= 15 is 0 Å². The Labute approximate surface area is 87.1 Å². The smallest absolute Gasteiger partial charge is 0.228 e. The molecule has 1 aliphatic heterocycles. The standard InChI is InChI=1S/C11H22N2O/c1-8(2)12(5)11(14)10-6-13(7-10)9(3)4/h8-10H,6-7H2,1-5H3. The lowest BCUT2D eigenvalue weighted by Gasteiger charge is -2.43. The molecule has 1 heterocycles. The molecular formula is C11H22N2O. The predicted molar refractivity (Wildman–Crippen MR) is 58.1 cm³/mol. The maximum Gasteiger partial charge on any atom is 0.228 e. The van der Waals surface area contributed by atoms with Crippen LogP contribution >= 0.6 is 0 Å². The Balaban J connectivity index is 2.36. The number of amides is 1. The van der Waals surface area contributed by atoms with Crippen molar-refractivity contribution in [1.82, 2.24) is 9.80 Å². The van der Waals surface area contributed by atoms with E-state index in [0.29, 0.717) is 18.0 Å². The van der Waals surface area contributed by atoms with Gasteiger partial charge in [-0.2, -0.15) is 0 Å². The molecule has 82 valence electrons. The quantitative estimate of drug-likeness (QED) is 0.680. The molecule has 14 heavy (non-hydrogen) atoms. The second-order valence-corrected chi connectivity index (χ2v) is 4.79. The molecule has 1 saturated heterocycles. The van der Waals surface area contributed by atoms with Crippen molar-refractivity contribution in [3.63, 3.8) is 0 Å². The minimum atomic E-state index is 0.241. The Hall–Kier alpha value is -0.570. The van der Waals surface area contributed by atoms with Crippen molar-refractivity contribution in [2.45, 2.75) is 39.8 Å². The predicted octanol–water partition coefficient (Wildman–Crippen LogP) is 1.19. The second kappa shape index (κ2) is 4.30. The summed E-state index contributed by atoms with van der Waals surface area (Å²) in [6, 6.07) is 0.888. The molecule has 0 aromatic carbocycles. The summed E-state index contributed by atoms with van der Waals surface area (Å²) >= 11 is 0. The Morgan fingerprint density at radius 1 is 1.29 bits per heavy atom. The van der Waals surface area contributed by atoms with Gasteiger partial charge in [0.1, 0.15) is 0 Å². The van der Waals surface area contributed by atoms with E-state index in [1.807, 2.05) is 11.9 Å². The van der Waals surface area contributed by atoms with E-state index < -0.39 is 0 Å². The van der Waals surface area contributed by atoms with Crippen molar-refractivity contribution in [2.24, 2.45) is 5.92 Å². The van der Waals surface area contributed by atoms with Crippen molar-refractivity contribution in [1.29, 1.82) is 0 Å². The fraction of sp³-hybridized carbons (Fsp3) is 0.909. The first-order chi connectivity index (χ1) is 6.43. The molecule has 3 nitrogen and oxygen atoms in total. The topological polar surface area (TPSA) is 23.6 Å². The molecule has 0 unspecified atom stereocenters. The number of rotatable bonds is 3. The molecule has 0 radical (unpaired) electrons. The van der Waals surface area contributed by atoms with Crippen LogP contribution in [0, 0.1) is 5.92 Å². The summed E-state index contributed by atoms with van der Waals surface area (Å²) in [7, 11) is 1.89. The Morgan fingerprint density at radius 2 is 1.79 bits per heavy atom. The third kappa shape index (κ3) is 2.27. The molecule has 3 heteroatoms. The summed E-state index contributed by atoms with van der Waals surface area (Å²) in [5, 5.41) is 0. The van der Waals surface area contributed by atoms with Gasteiger partial charge < -0.3 is 4.90 Å². The van der Waals surface area contributed by atoms with Crippen LogP contribution in [0.4, 0.5) is 0 Å². The highest BCUT2D eigenvalue weighted by Crippen LogP contribution is 2.20. The van der Waals surface area contributed by atoms with Gasteiger partial charge in [-0.15, -0.1) is 0 Å². The van der Waals surface area contributed by atoms with E-state index in [2.05, 4.69) is 32.6 Å². The van der Waals surface area contributed by atoms with Crippen LogP contribution in [0.3, 0.4) is 0 Å². The van der Waals surface area contributed by atoms with Crippen molar-refractivity contribution in [3.05, 3.63) is 0 Å². The van der Waals surface area contributed by atoms with Gasteiger partial charge in [-0.25, -0.2) is 0 Å². The first-order valence-electron chi connectivity index (χ1n) is 5.44. The molecule has 0 bridgehead atoms. The Morgan fingerprint density at radius 3 is 2.14 bits per heavy atom. The molecule has 1 fully saturated rings. The van der Waals surface area contributed by atoms with Crippen LogP contribution in [0.1, 0.15) is 27.7 Å². The van der Waals surface area contributed by atoms with Crippen LogP contribution in [0.15, 0.2) is 0 Å². The number of hydrogen-bond donors (Lipinski definition) is 0. The van der Waals surface area contributed by atoms with Crippen LogP contribution < -0.4 is 0 Å². The minimum Gasteiger partial charge on any atom is -0.343 e. The van der Waals surface area contributed by atoms with E-state index in [1.54, 1.807) is 0 Å². The zero-order valence-corrected chi connectivity index (χ0v) is 9.95. The highest BCUT2D eigenvalue weighted by Gasteiger charge is 2.35. The molecule has 0 N–H and O–H groups in total. The van der Waals surface area contributed by atoms with Crippen LogP contribution in [0.5, 0.6) is 0 Å². The summed E-state index contributed by atoms with van der Waals surface area (Å²) in [6.45, 7) is 10.3. The minimum absolute atomic E-state index is 0.241. The van der Waals surface area contributed by atoms with Crippen LogP contribution in [-0.2, 0) is 4.79 Å². The number of carbonyl (C=O) groups excluding carboxylic acids is 1. The largest absolute Gasteiger partial charge is 0.343 e. The van der Waals surface area contributed by atoms with Gasteiger partial charge in [0.2, 0.25) is 5.91 Å². The zero-order valence-electron chi connectivity index (χ0n) is 9.95. The van der Waals surface area contributed by atoms with Crippen molar-refractivity contribution in [3.8, 4) is 0 Å².